The van der Waals surface area contributed by atoms with Gasteiger partial charge in [-0.3, -0.25) is 0 Å². The van der Waals surface area contributed by atoms with E-state index in [0.29, 0.717) is 28.8 Å². The van der Waals surface area contributed by atoms with Gasteiger partial charge >= 0.3 is 0 Å². The van der Waals surface area contributed by atoms with Gasteiger partial charge in [-0.15, -0.1) is 0 Å². The van der Waals surface area contributed by atoms with Crippen LogP contribution in [0.3, 0.4) is 0 Å². The molecule has 0 unspecified atom stereocenters. The maximum atomic E-state index is 13.7. The molecule has 2 rings (SSSR count). The largest absolute Gasteiger partial charge is 0.494 e. The Bertz CT molecular complexity index is 608. The zero-order chi connectivity index (χ0) is 14.5. The number of rotatable bonds is 5. The number of aromatic nitrogens is 2. The first kappa shape index (κ1) is 14.7. The quantitative estimate of drug-likeness (QED) is 0.792. The highest BCUT2D eigenvalue weighted by molar-refractivity contribution is 6.29. The third-order valence-corrected chi connectivity index (χ3v) is 2.82. The molecule has 0 atom stereocenters. The summed E-state index contributed by atoms with van der Waals surface area (Å²) in [5, 5.41) is 0.293. The summed E-state index contributed by atoms with van der Waals surface area (Å²) in [6, 6.07) is 6.19. The van der Waals surface area contributed by atoms with Crippen molar-refractivity contribution in [1.82, 2.24) is 9.97 Å². The minimum Gasteiger partial charge on any atom is -0.494 e. The van der Waals surface area contributed by atoms with Crippen LogP contribution in [0.1, 0.15) is 12.7 Å². The zero-order valence-corrected chi connectivity index (χ0v) is 11.9. The molecule has 6 heteroatoms. The van der Waals surface area contributed by atoms with Crippen molar-refractivity contribution in [2.75, 3.05) is 13.7 Å². The average molecular weight is 297 g/mol. The van der Waals surface area contributed by atoms with Gasteiger partial charge in [-0.05, 0) is 25.1 Å². The summed E-state index contributed by atoms with van der Waals surface area (Å²) in [6.07, 6.45) is 0. The summed E-state index contributed by atoms with van der Waals surface area (Å²) in [6.45, 7) is 2.70. The fourth-order valence-corrected chi connectivity index (χ4v) is 1.90. The van der Waals surface area contributed by atoms with Crippen molar-refractivity contribution < 1.29 is 13.9 Å². The summed E-state index contributed by atoms with van der Waals surface area (Å²) in [5.74, 6) is 0.195. The Morgan fingerprint density at radius 2 is 2.05 bits per heavy atom. The molecule has 0 N–H and O–H groups in total. The predicted molar refractivity (Wildman–Crippen MR) is 74.3 cm³/mol. The van der Waals surface area contributed by atoms with Gasteiger partial charge in [-0.25, -0.2) is 14.4 Å². The number of methoxy groups -OCH3 is 1. The normalized spacial score (nSPS) is 10.6. The predicted octanol–water partition coefficient (Wildman–Crippen LogP) is 3.48. The van der Waals surface area contributed by atoms with Crippen LogP contribution in [-0.2, 0) is 11.3 Å². The molecule has 1 aromatic heterocycles. The van der Waals surface area contributed by atoms with E-state index in [1.54, 1.807) is 18.2 Å². The Hall–Kier alpha value is -1.72. The molecule has 0 saturated heterocycles. The van der Waals surface area contributed by atoms with Crippen LogP contribution in [0.4, 0.5) is 4.39 Å². The summed E-state index contributed by atoms with van der Waals surface area (Å²) in [5.41, 5.74) is 1.15. The molecule has 106 valence electrons. The van der Waals surface area contributed by atoms with Crippen LogP contribution in [0.25, 0.3) is 11.3 Å². The van der Waals surface area contributed by atoms with Gasteiger partial charge in [0.05, 0.1) is 12.8 Å². The van der Waals surface area contributed by atoms with E-state index in [9.17, 15) is 4.39 Å². The van der Waals surface area contributed by atoms with E-state index < -0.39 is 5.82 Å². The highest BCUT2D eigenvalue weighted by Crippen LogP contribution is 2.25. The van der Waals surface area contributed by atoms with Gasteiger partial charge in [0.2, 0.25) is 0 Å². The summed E-state index contributed by atoms with van der Waals surface area (Å²) in [4.78, 5) is 8.37. The fourth-order valence-electron chi connectivity index (χ4n) is 1.70. The van der Waals surface area contributed by atoms with Crippen LogP contribution >= 0.6 is 11.6 Å². The highest BCUT2D eigenvalue weighted by atomic mass is 35.5. The van der Waals surface area contributed by atoms with Crippen molar-refractivity contribution in [3.63, 3.8) is 0 Å². The first-order chi connectivity index (χ1) is 9.63. The minimum absolute atomic E-state index is 0.184. The average Bonchev–Trinajstić information content (AvgIpc) is 2.44. The van der Waals surface area contributed by atoms with Crippen molar-refractivity contribution in [3.8, 4) is 17.0 Å². The molecule has 0 aliphatic rings. The number of hydrogen-bond donors (Lipinski definition) is 0. The lowest BCUT2D eigenvalue weighted by Gasteiger charge is -2.07. The first-order valence-corrected chi connectivity index (χ1v) is 6.47. The Morgan fingerprint density at radius 1 is 1.25 bits per heavy atom. The zero-order valence-electron chi connectivity index (χ0n) is 11.2. The lowest BCUT2D eigenvalue weighted by Crippen LogP contribution is -2.01. The van der Waals surface area contributed by atoms with Gasteiger partial charge in [-0.1, -0.05) is 11.6 Å². The van der Waals surface area contributed by atoms with Crippen LogP contribution in [-0.4, -0.2) is 23.7 Å². The van der Waals surface area contributed by atoms with E-state index in [1.807, 2.05) is 6.92 Å². The van der Waals surface area contributed by atoms with Gasteiger partial charge in [-0.2, -0.15) is 0 Å². The molecule has 1 aromatic carbocycles. The Morgan fingerprint density at radius 3 is 2.70 bits per heavy atom. The topological polar surface area (TPSA) is 44.2 Å². The molecule has 0 aliphatic carbocycles. The molecule has 20 heavy (non-hydrogen) atoms. The molecule has 0 radical (unpaired) electrons. The molecular weight excluding hydrogens is 283 g/mol. The Kier molecular flexibility index (Phi) is 4.87. The van der Waals surface area contributed by atoms with Crippen molar-refractivity contribution in [2.24, 2.45) is 0 Å². The first-order valence-electron chi connectivity index (χ1n) is 6.09. The van der Waals surface area contributed by atoms with Crippen molar-refractivity contribution >= 4 is 11.6 Å². The molecule has 0 fully saturated rings. The van der Waals surface area contributed by atoms with Gasteiger partial charge in [0, 0.05) is 18.2 Å². The number of nitrogens with zero attached hydrogens (tertiary/aromatic N) is 2. The number of benzene rings is 1. The number of halogens is 2. The lowest BCUT2D eigenvalue weighted by atomic mass is 10.1. The molecular formula is C14H14ClFN2O2. The second-order valence-electron chi connectivity index (χ2n) is 3.98. The van der Waals surface area contributed by atoms with Crippen LogP contribution in [0.15, 0.2) is 24.3 Å². The van der Waals surface area contributed by atoms with E-state index in [4.69, 9.17) is 21.1 Å². The maximum absolute atomic E-state index is 13.7. The van der Waals surface area contributed by atoms with E-state index in [-0.39, 0.29) is 12.4 Å². The Balaban J connectivity index is 2.36. The smallest absolute Gasteiger partial charge is 0.165 e. The monoisotopic (exact) mass is 296 g/mol. The summed E-state index contributed by atoms with van der Waals surface area (Å²) < 4.78 is 23.8. The number of hydrogen-bond acceptors (Lipinski definition) is 4. The van der Waals surface area contributed by atoms with Gasteiger partial charge in [0.1, 0.15) is 11.8 Å². The van der Waals surface area contributed by atoms with E-state index >= 15 is 0 Å². The lowest BCUT2D eigenvalue weighted by molar-refractivity contribution is 0.128. The molecule has 0 spiro atoms. The van der Waals surface area contributed by atoms with Crippen molar-refractivity contribution in [3.05, 3.63) is 41.1 Å². The number of ether oxygens (including phenoxy) is 2. The van der Waals surface area contributed by atoms with Gasteiger partial charge in [0.25, 0.3) is 0 Å². The molecule has 0 saturated carbocycles. The van der Waals surface area contributed by atoms with E-state index in [0.717, 1.165) is 0 Å². The Labute approximate surface area is 121 Å². The van der Waals surface area contributed by atoms with Gasteiger partial charge in [0.15, 0.2) is 17.4 Å². The molecule has 0 aliphatic heterocycles. The highest BCUT2D eigenvalue weighted by Gasteiger charge is 2.09. The molecule has 0 bridgehead atoms. The van der Waals surface area contributed by atoms with Crippen LogP contribution in [0.5, 0.6) is 5.75 Å². The van der Waals surface area contributed by atoms with E-state index in [1.165, 1.54) is 13.2 Å². The van der Waals surface area contributed by atoms with Gasteiger partial charge < -0.3 is 9.47 Å². The maximum Gasteiger partial charge on any atom is 0.165 e. The fraction of sp³-hybridized carbons (Fsp3) is 0.286. The van der Waals surface area contributed by atoms with Crippen LogP contribution < -0.4 is 4.74 Å². The molecule has 2 aromatic rings. The minimum atomic E-state index is -0.453. The second kappa shape index (κ2) is 6.63. The third-order valence-electron chi connectivity index (χ3n) is 2.62. The third kappa shape index (κ3) is 3.43. The van der Waals surface area contributed by atoms with E-state index in [2.05, 4.69) is 9.97 Å². The molecule has 1 heterocycles. The van der Waals surface area contributed by atoms with Crippen molar-refractivity contribution in [2.45, 2.75) is 13.5 Å². The SMILES string of the molecule is CCOCc1nc(Cl)cc(-c2ccc(OC)c(F)c2)n1. The van der Waals surface area contributed by atoms with Crippen molar-refractivity contribution in [1.29, 1.82) is 0 Å². The van der Waals surface area contributed by atoms with Crippen LogP contribution in [0.2, 0.25) is 5.15 Å². The summed E-state index contributed by atoms with van der Waals surface area (Å²) >= 11 is 5.95. The second-order valence-corrected chi connectivity index (χ2v) is 4.37. The summed E-state index contributed by atoms with van der Waals surface area (Å²) in [7, 11) is 1.42. The standard InChI is InChI=1S/C14H14ClFN2O2/c1-3-20-8-14-17-11(7-13(15)18-14)9-4-5-12(19-2)10(16)6-9/h4-7H,3,8H2,1-2H3. The van der Waals surface area contributed by atoms with Crippen LogP contribution in [0, 0.1) is 5.82 Å². The molecule has 4 nitrogen and oxygen atoms in total. The molecule has 0 amide bonds.